The Morgan fingerprint density at radius 2 is 1.69 bits per heavy atom. The maximum Gasteiger partial charge on any atom is 0.255 e. The van der Waals surface area contributed by atoms with Gasteiger partial charge in [-0.3, -0.25) is 9.59 Å². The van der Waals surface area contributed by atoms with E-state index in [-0.39, 0.29) is 11.5 Å². The predicted octanol–water partition coefficient (Wildman–Crippen LogP) is 3.19. The quantitative estimate of drug-likeness (QED) is 0.728. The minimum absolute atomic E-state index is 0.107. The third-order valence-electron chi connectivity index (χ3n) is 5.97. The zero-order valence-corrected chi connectivity index (χ0v) is 17.8. The Bertz CT molecular complexity index is 888. The molecule has 2 fully saturated rings. The molecule has 5 nitrogen and oxygen atoms in total. The van der Waals surface area contributed by atoms with E-state index in [2.05, 4.69) is 51.5 Å². The average Bonchev–Trinajstić information content (AvgIpc) is 3.27. The van der Waals surface area contributed by atoms with Crippen LogP contribution in [-0.4, -0.2) is 54.3 Å². The Morgan fingerprint density at radius 1 is 1.00 bits per heavy atom. The van der Waals surface area contributed by atoms with Gasteiger partial charge in [0.2, 0.25) is 5.91 Å². The number of carbonyl (C=O) groups excluding carboxylic acids is 2. The Hall–Kier alpha value is -2.18. The smallest absolute Gasteiger partial charge is 0.255 e. The second-order valence-corrected chi connectivity index (χ2v) is 8.77. The Labute approximate surface area is 180 Å². The van der Waals surface area contributed by atoms with Gasteiger partial charge in [-0.2, -0.15) is 0 Å². The number of likely N-dealkylation sites (tertiary alicyclic amines) is 2. The van der Waals surface area contributed by atoms with E-state index in [0.717, 1.165) is 39.1 Å². The molecule has 2 atom stereocenters. The molecule has 2 heterocycles. The van der Waals surface area contributed by atoms with Gasteiger partial charge in [-0.05, 0) is 64.8 Å². The van der Waals surface area contributed by atoms with Crippen LogP contribution in [0, 0.1) is 18.3 Å². The number of fused-ring (bicyclic) bond motifs is 1. The highest BCUT2D eigenvalue weighted by Crippen LogP contribution is 2.33. The van der Waals surface area contributed by atoms with E-state index in [1.165, 1.54) is 5.56 Å². The molecule has 0 aromatic heterocycles. The normalized spacial score (nSPS) is 21.3. The maximum absolute atomic E-state index is 13.1. The number of rotatable bonds is 6. The van der Waals surface area contributed by atoms with E-state index in [1.807, 2.05) is 11.0 Å². The van der Waals surface area contributed by atoms with Crippen LogP contribution in [0.25, 0.3) is 0 Å². The van der Waals surface area contributed by atoms with Crippen LogP contribution in [0.4, 0.5) is 0 Å². The average molecular weight is 455 g/mol. The fraction of sp³-hybridized carbons (Fsp3) is 0.348. The van der Waals surface area contributed by atoms with Gasteiger partial charge in [-0.15, -0.1) is 0 Å². The molecule has 4 rings (SSSR count). The molecule has 0 aliphatic carbocycles. The lowest BCUT2D eigenvalue weighted by atomic mass is 10.0. The molecule has 0 saturated carbocycles. The van der Waals surface area contributed by atoms with Crippen molar-refractivity contribution in [3.05, 3.63) is 76.1 Å². The van der Waals surface area contributed by atoms with Crippen molar-refractivity contribution in [1.82, 2.24) is 9.80 Å². The van der Waals surface area contributed by atoms with Crippen LogP contribution in [0.5, 0.6) is 0 Å². The van der Waals surface area contributed by atoms with Gasteiger partial charge in [0.05, 0.1) is 11.1 Å². The molecule has 6 heteroatoms. The topological polar surface area (TPSA) is 66.6 Å². The number of hydrogen-bond acceptors (Lipinski definition) is 3. The van der Waals surface area contributed by atoms with E-state index < -0.39 is 5.91 Å². The third kappa shape index (κ3) is 4.38. The summed E-state index contributed by atoms with van der Waals surface area (Å²) >= 11 is 3.41. The van der Waals surface area contributed by atoms with E-state index in [4.69, 9.17) is 5.73 Å². The van der Waals surface area contributed by atoms with Crippen molar-refractivity contribution in [2.45, 2.75) is 6.42 Å². The first-order valence-corrected chi connectivity index (χ1v) is 10.8. The molecule has 29 heavy (non-hydrogen) atoms. The molecule has 2 aliphatic heterocycles. The number of nitrogens with zero attached hydrogens (tertiary/aromatic N) is 2. The van der Waals surface area contributed by atoms with Gasteiger partial charge < -0.3 is 15.5 Å². The summed E-state index contributed by atoms with van der Waals surface area (Å²) in [7, 11) is 0. The first-order chi connectivity index (χ1) is 14.0. The molecule has 2 aliphatic rings. The van der Waals surface area contributed by atoms with Crippen molar-refractivity contribution >= 4 is 27.7 Å². The summed E-state index contributed by atoms with van der Waals surface area (Å²) in [6.07, 6.45) is 3.31. The molecule has 2 aromatic carbocycles. The number of primary amides is 1. The largest absolute Gasteiger partial charge is 0.366 e. The molecular formula is C23H25BrN3O2. The second kappa shape index (κ2) is 8.67. The summed E-state index contributed by atoms with van der Waals surface area (Å²) in [6, 6.07) is 15.5. The van der Waals surface area contributed by atoms with Gasteiger partial charge in [0.1, 0.15) is 0 Å². The van der Waals surface area contributed by atoms with Gasteiger partial charge in [0.25, 0.3) is 5.91 Å². The van der Waals surface area contributed by atoms with Crippen LogP contribution >= 0.6 is 15.9 Å². The highest BCUT2D eigenvalue weighted by molar-refractivity contribution is 9.10. The standard InChI is InChI=1S/C23H25BrN3O2/c24-20-10-4-9-19(22(25)28)21(20)23(29)27-14-17-12-26(13-18(17)15-27)11-5-8-16-6-2-1-3-7-16/h1-4,6-10,17-18H,5,11-15H2,(H2,25,28)/t17-,18?/m0/s1. The van der Waals surface area contributed by atoms with Crippen molar-refractivity contribution in [3.8, 4) is 0 Å². The molecule has 1 radical (unpaired) electrons. The van der Waals surface area contributed by atoms with Crippen molar-refractivity contribution in [2.75, 3.05) is 32.7 Å². The number of benzene rings is 2. The molecular weight excluding hydrogens is 430 g/mol. The zero-order chi connectivity index (χ0) is 20.4. The van der Waals surface area contributed by atoms with Gasteiger partial charge in [-0.25, -0.2) is 0 Å². The number of amides is 2. The third-order valence-corrected chi connectivity index (χ3v) is 6.63. The number of carbonyl (C=O) groups is 2. The Morgan fingerprint density at radius 3 is 2.34 bits per heavy atom. The number of nitrogens with two attached hydrogens (primary N) is 1. The monoisotopic (exact) mass is 454 g/mol. The van der Waals surface area contributed by atoms with Crippen LogP contribution in [0.3, 0.4) is 0 Å². The molecule has 0 bridgehead atoms. The zero-order valence-electron chi connectivity index (χ0n) is 16.3. The highest BCUT2D eigenvalue weighted by atomic mass is 79.9. The van der Waals surface area contributed by atoms with Gasteiger partial charge in [0, 0.05) is 30.7 Å². The number of hydrogen-bond donors (Lipinski definition) is 1. The maximum atomic E-state index is 13.1. The van der Waals surface area contributed by atoms with Crippen LogP contribution in [0.1, 0.15) is 32.7 Å². The summed E-state index contributed by atoms with van der Waals surface area (Å²) in [6.45, 7) is 4.57. The van der Waals surface area contributed by atoms with Crippen molar-refractivity contribution in [3.63, 3.8) is 0 Å². The van der Waals surface area contributed by atoms with Crippen LogP contribution in [-0.2, 0) is 0 Å². The first kappa shape index (κ1) is 20.1. The van der Waals surface area contributed by atoms with Gasteiger partial charge >= 0.3 is 0 Å². The minimum Gasteiger partial charge on any atom is -0.366 e. The molecule has 2 saturated heterocycles. The summed E-state index contributed by atoms with van der Waals surface area (Å²) in [5.41, 5.74) is 7.41. The molecule has 2 N–H and O–H groups in total. The summed E-state index contributed by atoms with van der Waals surface area (Å²) in [5.74, 6) is 0.310. The minimum atomic E-state index is -0.574. The van der Waals surface area contributed by atoms with E-state index in [0.29, 0.717) is 21.9 Å². The van der Waals surface area contributed by atoms with Crippen LogP contribution < -0.4 is 5.73 Å². The van der Waals surface area contributed by atoms with Crippen molar-refractivity contribution in [2.24, 2.45) is 17.6 Å². The molecule has 2 amide bonds. The number of halogens is 1. The lowest BCUT2D eigenvalue weighted by Gasteiger charge is -2.22. The Balaban J connectivity index is 1.32. The first-order valence-electron chi connectivity index (χ1n) is 10.0. The fourth-order valence-electron chi connectivity index (χ4n) is 4.55. The lowest BCUT2D eigenvalue weighted by Crippen LogP contribution is -2.35. The van der Waals surface area contributed by atoms with E-state index in [9.17, 15) is 9.59 Å². The molecule has 151 valence electrons. The lowest BCUT2D eigenvalue weighted by molar-refractivity contribution is 0.0768. The fourth-order valence-corrected chi connectivity index (χ4v) is 5.08. The summed E-state index contributed by atoms with van der Waals surface area (Å²) < 4.78 is 0.619. The summed E-state index contributed by atoms with van der Waals surface area (Å²) in [5, 5.41) is 0. The molecule has 1 unspecified atom stereocenters. The van der Waals surface area contributed by atoms with Crippen LogP contribution in [0.15, 0.2) is 53.0 Å². The second-order valence-electron chi connectivity index (χ2n) is 7.92. The van der Waals surface area contributed by atoms with Gasteiger partial charge in [-0.1, -0.05) is 36.4 Å². The SMILES string of the molecule is NC(=O)c1cccc(Br)c1C(=O)N1CC2CN(CC[CH]c3ccccc3)C[C@H]2C1. The summed E-state index contributed by atoms with van der Waals surface area (Å²) in [4.78, 5) is 29.2. The van der Waals surface area contributed by atoms with Crippen molar-refractivity contribution in [1.29, 1.82) is 0 Å². The van der Waals surface area contributed by atoms with Gasteiger partial charge in [0.15, 0.2) is 0 Å². The molecule has 2 aromatic rings. The Kier molecular flexibility index (Phi) is 6.01. The predicted molar refractivity (Wildman–Crippen MR) is 116 cm³/mol. The van der Waals surface area contributed by atoms with E-state index >= 15 is 0 Å². The van der Waals surface area contributed by atoms with Crippen LogP contribution in [0.2, 0.25) is 0 Å². The van der Waals surface area contributed by atoms with Crippen molar-refractivity contribution < 1.29 is 9.59 Å². The highest BCUT2D eigenvalue weighted by Gasteiger charge is 2.42. The van der Waals surface area contributed by atoms with E-state index in [1.54, 1.807) is 18.2 Å². The molecule has 0 spiro atoms.